The molecule has 2 saturated carbocycles. The molecule has 3 rings (SSSR count). The summed E-state index contributed by atoms with van der Waals surface area (Å²) in [6.07, 6.45) is 4.21. The number of esters is 1. The minimum absolute atomic E-state index is 0.0425. The van der Waals surface area contributed by atoms with Gasteiger partial charge in [-0.15, -0.1) is 0 Å². The third-order valence-corrected chi connectivity index (χ3v) is 4.80. The number of fused-ring (bicyclic) bond motifs is 1. The highest BCUT2D eigenvalue weighted by molar-refractivity contribution is 5.82. The van der Waals surface area contributed by atoms with Crippen LogP contribution in [-0.4, -0.2) is 11.6 Å². The van der Waals surface area contributed by atoms with Gasteiger partial charge in [-0.2, -0.15) is 0 Å². The van der Waals surface area contributed by atoms with Gasteiger partial charge in [-0.25, -0.2) is 0 Å². The van der Waals surface area contributed by atoms with Crippen LogP contribution in [0.1, 0.15) is 39.5 Å². The Morgan fingerprint density at radius 1 is 1.40 bits per heavy atom. The van der Waals surface area contributed by atoms with Crippen molar-refractivity contribution in [3.05, 3.63) is 12.2 Å². The Hall–Kier alpha value is -0.790. The summed E-state index contributed by atoms with van der Waals surface area (Å²) in [5.41, 5.74) is 0.836. The molecule has 1 aliphatic heterocycles. The molecule has 2 aliphatic carbocycles. The highest BCUT2D eigenvalue weighted by atomic mass is 16.6. The Labute approximate surface area is 90.7 Å². The van der Waals surface area contributed by atoms with E-state index >= 15 is 0 Å². The molecule has 0 unspecified atom stereocenters. The van der Waals surface area contributed by atoms with Gasteiger partial charge in [-0.1, -0.05) is 12.2 Å². The Bertz CT molecular complexity index is 356. The predicted octanol–water partition coefficient (Wildman–Crippen LogP) is 2.68. The molecule has 1 spiro atoms. The summed E-state index contributed by atoms with van der Waals surface area (Å²) in [5.74, 6) is 1.04. The smallest absolute Gasteiger partial charge is 0.313 e. The first-order valence-corrected chi connectivity index (χ1v) is 5.87. The molecule has 3 atom stereocenters. The second-order valence-electron chi connectivity index (χ2n) is 6.02. The monoisotopic (exact) mass is 206 g/mol. The van der Waals surface area contributed by atoms with Crippen LogP contribution in [0.3, 0.4) is 0 Å². The van der Waals surface area contributed by atoms with Gasteiger partial charge < -0.3 is 4.74 Å². The van der Waals surface area contributed by atoms with Crippen LogP contribution in [-0.2, 0) is 9.53 Å². The summed E-state index contributed by atoms with van der Waals surface area (Å²) in [6, 6.07) is 0. The summed E-state index contributed by atoms with van der Waals surface area (Å²) >= 11 is 0. The molecule has 82 valence electrons. The van der Waals surface area contributed by atoms with Crippen molar-refractivity contribution in [1.82, 2.24) is 0 Å². The lowest BCUT2D eigenvalue weighted by molar-refractivity contribution is -0.152. The topological polar surface area (TPSA) is 26.3 Å². The van der Waals surface area contributed by atoms with E-state index in [0.717, 1.165) is 19.3 Å². The molecule has 0 aromatic carbocycles. The first kappa shape index (κ1) is 9.44. The van der Waals surface area contributed by atoms with E-state index in [-0.39, 0.29) is 17.0 Å². The highest BCUT2D eigenvalue weighted by Crippen LogP contribution is 2.63. The maximum Gasteiger partial charge on any atom is 0.313 e. The maximum absolute atomic E-state index is 12.1. The number of cyclic esters (lactones) is 1. The van der Waals surface area contributed by atoms with E-state index in [9.17, 15) is 4.79 Å². The van der Waals surface area contributed by atoms with Gasteiger partial charge in [0.2, 0.25) is 0 Å². The predicted molar refractivity (Wildman–Crippen MR) is 57.2 cm³/mol. The Kier molecular flexibility index (Phi) is 1.56. The van der Waals surface area contributed by atoms with Crippen LogP contribution in [0.2, 0.25) is 0 Å². The zero-order valence-electron chi connectivity index (χ0n) is 9.51. The van der Waals surface area contributed by atoms with Crippen molar-refractivity contribution in [2.45, 2.75) is 45.1 Å². The minimum Gasteiger partial charge on any atom is -0.459 e. The van der Waals surface area contributed by atoms with E-state index in [1.165, 1.54) is 12.0 Å². The van der Waals surface area contributed by atoms with Crippen molar-refractivity contribution in [2.75, 3.05) is 0 Å². The molecule has 15 heavy (non-hydrogen) atoms. The molecule has 0 radical (unpaired) electrons. The fourth-order valence-corrected chi connectivity index (χ4v) is 4.14. The van der Waals surface area contributed by atoms with Gasteiger partial charge >= 0.3 is 5.97 Å². The van der Waals surface area contributed by atoms with Crippen LogP contribution < -0.4 is 0 Å². The van der Waals surface area contributed by atoms with Crippen LogP contribution in [0.4, 0.5) is 0 Å². The molecule has 1 heterocycles. The Morgan fingerprint density at radius 2 is 2.13 bits per heavy atom. The summed E-state index contributed by atoms with van der Waals surface area (Å²) in [5, 5.41) is 0. The fourth-order valence-electron chi connectivity index (χ4n) is 4.14. The summed E-state index contributed by atoms with van der Waals surface area (Å²) in [6.45, 7) is 8.25. The Balaban J connectivity index is 2.08. The van der Waals surface area contributed by atoms with Crippen LogP contribution in [0, 0.1) is 17.3 Å². The van der Waals surface area contributed by atoms with Crippen LogP contribution in [0.15, 0.2) is 12.2 Å². The Morgan fingerprint density at radius 3 is 2.87 bits per heavy atom. The lowest BCUT2D eigenvalue weighted by Gasteiger charge is -2.35. The van der Waals surface area contributed by atoms with Crippen molar-refractivity contribution in [1.29, 1.82) is 0 Å². The summed E-state index contributed by atoms with van der Waals surface area (Å²) in [4.78, 5) is 12.1. The maximum atomic E-state index is 12.1. The third-order valence-electron chi connectivity index (χ3n) is 4.80. The van der Waals surface area contributed by atoms with Crippen molar-refractivity contribution in [3.63, 3.8) is 0 Å². The SMILES string of the molecule is C=C1C[C@]23C[C@H]1CC[C@H]2C(C)(C)OC3=O. The van der Waals surface area contributed by atoms with Gasteiger partial charge in [0.05, 0.1) is 5.41 Å². The number of carbonyl (C=O) groups is 1. The molecule has 0 aromatic rings. The van der Waals surface area contributed by atoms with Crippen molar-refractivity contribution in [3.8, 4) is 0 Å². The zero-order valence-corrected chi connectivity index (χ0v) is 9.51. The molecular weight excluding hydrogens is 188 g/mol. The van der Waals surface area contributed by atoms with E-state index in [1.807, 2.05) is 0 Å². The van der Waals surface area contributed by atoms with Crippen LogP contribution in [0.5, 0.6) is 0 Å². The van der Waals surface area contributed by atoms with Gasteiger partial charge in [0, 0.05) is 5.92 Å². The molecule has 1 saturated heterocycles. The number of rotatable bonds is 0. The van der Waals surface area contributed by atoms with Gasteiger partial charge in [0.15, 0.2) is 0 Å². The van der Waals surface area contributed by atoms with Crippen molar-refractivity contribution in [2.24, 2.45) is 17.3 Å². The van der Waals surface area contributed by atoms with E-state index < -0.39 is 0 Å². The molecule has 2 bridgehead atoms. The van der Waals surface area contributed by atoms with Gasteiger partial charge in [0.25, 0.3) is 0 Å². The standard InChI is InChI=1S/C13H18O2/c1-8-6-13-7-9(8)4-5-10(13)12(2,3)15-11(13)14/h9-10H,1,4-7H2,2-3H3/t9-,10+,13+/m1/s1. The van der Waals surface area contributed by atoms with E-state index in [0.29, 0.717) is 11.8 Å². The lowest BCUT2D eigenvalue weighted by Crippen LogP contribution is -2.38. The van der Waals surface area contributed by atoms with E-state index in [2.05, 4.69) is 20.4 Å². The van der Waals surface area contributed by atoms with E-state index in [1.54, 1.807) is 0 Å². The molecular formula is C13H18O2. The first-order chi connectivity index (χ1) is 6.96. The van der Waals surface area contributed by atoms with Gasteiger partial charge in [0.1, 0.15) is 5.60 Å². The lowest BCUT2D eigenvalue weighted by atomic mass is 9.64. The number of carbonyl (C=O) groups excluding carboxylic acids is 1. The number of hydrogen-bond donors (Lipinski definition) is 0. The average Bonchev–Trinajstić information content (AvgIpc) is 2.48. The molecule has 0 N–H and O–H groups in total. The van der Waals surface area contributed by atoms with Crippen molar-refractivity contribution >= 4 is 5.97 Å². The minimum atomic E-state index is -0.257. The molecule has 3 fully saturated rings. The van der Waals surface area contributed by atoms with Crippen LogP contribution >= 0.6 is 0 Å². The number of allylic oxidation sites excluding steroid dienone is 1. The zero-order chi connectivity index (χ0) is 10.8. The second kappa shape index (κ2) is 2.47. The molecule has 2 heteroatoms. The largest absolute Gasteiger partial charge is 0.459 e. The van der Waals surface area contributed by atoms with Gasteiger partial charge in [-0.3, -0.25) is 4.79 Å². The highest BCUT2D eigenvalue weighted by Gasteiger charge is 2.65. The second-order valence-corrected chi connectivity index (χ2v) is 6.02. The number of hydrogen-bond acceptors (Lipinski definition) is 2. The third kappa shape index (κ3) is 0.977. The van der Waals surface area contributed by atoms with Crippen molar-refractivity contribution < 1.29 is 9.53 Å². The van der Waals surface area contributed by atoms with Crippen LogP contribution in [0.25, 0.3) is 0 Å². The molecule has 2 nitrogen and oxygen atoms in total. The quantitative estimate of drug-likeness (QED) is 0.450. The molecule has 0 aromatic heterocycles. The first-order valence-electron chi connectivity index (χ1n) is 5.87. The fraction of sp³-hybridized carbons (Fsp3) is 0.769. The molecule has 0 amide bonds. The summed E-state index contributed by atoms with van der Waals surface area (Å²) < 4.78 is 5.58. The summed E-state index contributed by atoms with van der Waals surface area (Å²) in [7, 11) is 0. The van der Waals surface area contributed by atoms with Gasteiger partial charge in [-0.05, 0) is 45.4 Å². The molecule has 3 aliphatic rings. The normalized spacial score (nSPS) is 46.5. The number of ether oxygens (including phenoxy) is 1. The average molecular weight is 206 g/mol. The van der Waals surface area contributed by atoms with E-state index in [4.69, 9.17) is 4.74 Å².